The van der Waals surface area contributed by atoms with Gasteiger partial charge in [0.2, 0.25) is 16.0 Å². The van der Waals surface area contributed by atoms with Crippen molar-refractivity contribution >= 4 is 46.6 Å². The first kappa shape index (κ1) is 31.2. The van der Waals surface area contributed by atoms with E-state index in [-0.39, 0.29) is 24.9 Å². The lowest BCUT2D eigenvalue weighted by molar-refractivity contribution is -0.136. The number of nitrogens with zero attached hydrogens (tertiary/aromatic N) is 4. The quantitative estimate of drug-likeness (QED) is 0.0947. The number of benzene rings is 2. The van der Waals surface area contributed by atoms with Gasteiger partial charge in [-0.3, -0.25) is 4.57 Å². The molecule has 2 N–H and O–H groups in total. The van der Waals surface area contributed by atoms with E-state index in [1.54, 1.807) is 32.9 Å². The maximum atomic E-state index is 13.2. The number of anilines is 1. The number of esters is 1. The van der Waals surface area contributed by atoms with Crippen LogP contribution in [0.4, 0.5) is 5.95 Å². The van der Waals surface area contributed by atoms with E-state index in [1.807, 2.05) is 41.0 Å². The van der Waals surface area contributed by atoms with Crippen LogP contribution in [0.5, 0.6) is 0 Å². The van der Waals surface area contributed by atoms with E-state index in [2.05, 4.69) is 31.2 Å². The van der Waals surface area contributed by atoms with Crippen LogP contribution in [-0.4, -0.2) is 59.4 Å². The van der Waals surface area contributed by atoms with Gasteiger partial charge >= 0.3 is 5.97 Å². The molecule has 12 heteroatoms. The molecule has 0 saturated carbocycles. The van der Waals surface area contributed by atoms with Gasteiger partial charge in [-0.1, -0.05) is 62.6 Å². The van der Waals surface area contributed by atoms with Crippen molar-refractivity contribution in [2.75, 3.05) is 18.9 Å². The molecule has 0 atom stereocenters. The van der Waals surface area contributed by atoms with E-state index in [4.69, 9.17) is 20.2 Å². The lowest BCUT2D eigenvalue weighted by atomic mass is 10.0. The Hall–Kier alpha value is -3.74. The average molecular weight is 610 g/mol. The minimum Gasteiger partial charge on any atom is -0.462 e. The van der Waals surface area contributed by atoms with E-state index in [0.29, 0.717) is 40.4 Å². The first-order valence-electron chi connectivity index (χ1n) is 13.9. The fourth-order valence-electron chi connectivity index (χ4n) is 4.44. The van der Waals surface area contributed by atoms with Crippen molar-refractivity contribution in [3.05, 3.63) is 60.9 Å². The highest BCUT2D eigenvalue weighted by atomic mass is 32.2. The van der Waals surface area contributed by atoms with Crippen LogP contribution in [0.2, 0.25) is 25.7 Å². The van der Waals surface area contributed by atoms with Crippen LogP contribution < -0.4 is 5.73 Å². The number of carbonyl (C=O) groups excluding carboxylic acids is 1. The molecule has 2 aromatic carbocycles. The third kappa shape index (κ3) is 6.35. The summed E-state index contributed by atoms with van der Waals surface area (Å²) in [5.41, 5.74) is 9.61. The largest absolute Gasteiger partial charge is 0.462 e. The molecule has 4 rings (SSSR count). The number of nitrogens with two attached hydrogens (primary N) is 1. The number of rotatable bonds is 12. The monoisotopic (exact) mass is 609 g/mol. The number of ether oxygens (including phenoxy) is 2. The Balaban J connectivity index is 1.96. The minimum atomic E-state index is -3.80. The van der Waals surface area contributed by atoms with Crippen molar-refractivity contribution in [1.29, 1.82) is 0 Å². The third-order valence-corrected chi connectivity index (χ3v) is 10.6. The first-order chi connectivity index (χ1) is 19.8. The van der Waals surface area contributed by atoms with Gasteiger partial charge in [-0.05, 0) is 38.9 Å². The Morgan fingerprint density at radius 3 is 2.38 bits per heavy atom. The number of imidazole rings is 2. The molecule has 0 amide bonds. The zero-order chi connectivity index (χ0) is 30.8. The molecule has 10 nitrogen and oxygen atoms in total. The van der Waals surface area contributed by atoms with E-state index in [9.17, 15) is 13.2 Å². The normalized spacial score (nSPS) is 12.3. The summed E-state index contributed by atoms with van der Waals surface area (Å²) in [6.07, 6.45) is 0. The zero-order valence-electron chi connectivity index (χ0n) is 25.0. The van der Waals surface area contributed by atoms with E-state index >= 15 is 0 Å². The molecule has 2 aromatic heterocycles. The summed E-state index contributed by atoms with van der Waals surface area (Å²) < 4.78 is 40.7. The van der Waals surface area contributed by atoms with Gasteiger partial charge in [0.1, 0.15) is 12.6 Å². The van der Waals surface area contributed by atoms with Crippen LogP contribution in [0, 0.1) is 0 Å². The molecule has 0 fully saturated rings. The Morgan fingerprint density at radius 1 is 1.07 bits per heavy atom. The number of fused-ring (bicyclic) bond motifs is 1. The molecule has 224 valence electrons. The summed E-state index contributed by atoms with van der Waals surface area (Å²) >= 11 is 0. The van der Waals surface area contributed by atoms with Crippen molar-refractivity contribution < 1.29 is 22.7 Å². The summed E-state index contributed by atoms with van der Waals surface area (Å²) in [7, 11) is -5.15. The molecule has 0 bridgehead atoms. The van der Waals surface area contributed by atoms with Gasteiger partial charge in [-0.15, -0.1) is 0 Å². The lowest BCUT2D eigenvalue weighted by Crippen LogP contribution is -2.23. The highest BCUT2D eigenvalue weighted by Gasteiger charge is 2.28. The molecule has 0 unspecified atom stereocenters. The molecule has 0 aliphatic carbocycles. The fourth-order valence-corrected chi connectivity index (χ4v) is 6.34. The molecular weight excluding hydrogens is 571 g/mol. The van der Waals surface area contributed by atoms with Gasteiger partial charge in [0, 0.05) is 25.8 Å². The number of hydrogen-bond acceptors (Lipinski definition) is 8. The van der Waals surface area contributed by atoms with Crippen LogP contribution >= 0.6 is 0 Å². The van der Waals surface area contributed by atoms with Crippen LogP contribution in [0.1, 0.15) is 26.6 Å². The number of nitrogen functional groups attached to an aromatic ring is 1. The second kappa shape index (κ2) is 12.2. The van der Waals surface area contributed by atoms with Crippen molar-refractivity contribution in [1.82, 2.24) is 18.5 Å². The summed E-state index contributed by atoms with van der Waals surface area (Å²) in [6, 6.07) is 15.8. The van der Waals surface area contributed by atoms with Crippen molar-refractivity contribution in [3.63, 3.8) is 0 Å². The second-order valence-corrected chi connectivity index (χ2v) is 19.5. The average Bonchev–Trinajstić information content (AvgIpc) is 3.47. The second-order valence-electron chi connectivity index (χ2n) is 11.5. The lowest BCUT2D eigenvalue weighted by Gasteiger charge is -2.18. The fraction of sp³-hybridized carbons (Fsp3) is 0.367. The molecule has 0 saturated heterocycles. The Bertz CT molecular complexity index is 1720. The van der Waals surface area contributed by atoms with Crippen LogP contribution in [0.3, 0.4) is 0 Å². The molecular formula is C30H39N5O5SSi. The van der Waals surface area contributed by atoms with Crippen LogP contribution in [0.15, 0.2) is 55.1 Å². The SMILES string of the molecule is C=C(C(=O)OCC)c1nc(-c2ccc3nc(N)n(S(=O)(=O)C(C)C)c3c2)c(-c2ccccc2)n1COCC[Si](C)(C)C. The van der Waals surface area contributed by atoms with Gasteiger partial charge in [0.15, 0.2) is 0 Å². The third-order valence-electron chi connectivity index (χ3n) is 6.78. The summed E-state index contributed by atoms with van der Waals surface area (Å²) in [6.45, 7) is 16.6. The van der Waals surface area contributed by atoms with Gasteiger partial charge in [0.05, 0.1) is 39.9 Å². The molecule has 42 heavy (non-hydrogen) atoms. The maximum absolute atomic E-state index is 13.2. The van der Waals surface area contributed by atoms with E-state index in [0.717, 1.165) is 15.6 Å². The summed E-state index contributed by atoms with van der Waals surface area (Å²) in [5.74, 6) is -0.392. The van der Waals surface area contributed by atoms with Gasteiger partial charge in [-0.25, -0.2) is 27.2 Å². The first-order valence-corrected chi connectivity index (χ1v) is 19.1. The zero-order valence-corrected chi connectivity index (χ0v) is 26.9. The topological polar surface area (TPSA) is 131 Å². The maximum Gasteiger partial charge on any atom is 0.341 e. The molecule has 0 radical (unpaired) electrons. The van der Waals surface area contributed by atoms with Crippen LogP contribution in [-0.2, 0) is 31.0 Å². The molecule has 0 aliphatic heterocycles. The molecule has 4 aromatic rings. The highest BCUT2D eigenvalue weighted by Crippen LogP contribution is 2.37. The van der Waals surface area contributed by atoms with Gasteiger partial charge in [0.25, 0.3) is 0 Å². The predicted molar refractivity (Wildman–Crippen MR) is 170 cm³/mol. The van der Waals surface area contributed by atoms with E-state index in [1.165, 1.54) is 0 Å². The van der Waals surface area contributed by atoms with Gasteiger partial charge < -0.3 is 15.2 Å². The van der Waals surface area contributed by atoms with Crippen LogP contribution in [0.25, 0.3) is 39.1 Å². The summed E-state index contributed by atoms with van der Waals surface area (Å²) in [5, 5.41) is -0.715. The summed E-state index contributed by atoms with van der Waals surface area (Å²) in [4.78, 5) is 22.0. The van der Waals surface area contributed by atoms with E-state index < -0.39 is 29.3 Å². The molecule has 0 spiro atoms. The Kier molecular flexibility index (Phi) is 9.09. The molecule has 2 heterocycles. The minimum absolute atomic E-state index is 0.0897. The predicted octanol–water partition coefficient (Wildman–Crippen LogP) is 5.62. The number of hydrogen-bond donors (Lipinski definition) is 1. The Morgan fingerprint density at radius 2 is 1.76 bits per heavy atom. The standard InChI is InChI=1S/C30H39N5O5SSi/c1-8-40-29(36)21(4)28-33-26(23-14-15-24-25(18-23)35(30(31)32-24)41(37,38)20(2)3)27(22-12-10-9-11-13-22)34(28)19-39-16-17-42(5,6)7/h9-15,18,20H,4,8,16-17,19H2,1-3,5-7H3,(H2,31,32). The Labute approximate surface area is 248 Å². The number of aromatic nitrogens is 4. The van der Waals surface area contributed by atoms with Crippen molar-refractivity contribution in [2.24, 2.45) is 0 Å². The molecule has 0 aliphatic rings. The van der Waals surface area contributed by atoms with Crippen molar-refractivity contribution in [3.8, 4) is 22.5 Å². The smallest absolute Gasteiger partial charge is 0.341 e. The van der Waals surface area contributed by atoms with Gasteiger partial charge in [-0.2, -0.15) is 0 Å². The highest BCUT2D eigenvalue weighted by molar-refractivity contribution is 7.90. The number of carbonyl (C=O) groups is 1. The van der Waals surface area contributed by atoms with Crippen molar-refractivity contribution in [2.45, 2.75) is 58.4 Å².